The first-order valence-corrected chi connectivity index (χ1v) is 20.3. The van der Waals surface area contributed by atoms with Crippen LogP contribution in [-0.4, -0.2) is 43.4 Å². The smallest absolute Gasteiger partial charge is 0.338 e. The van der Waals surface area contributed by atoms with E-state index in [1.165, 1.54) is 18.2 Å². The second kappa shape index (κ2) is 13.6. The first-order chi connectivity index (χ1) is 25.6. The molecular weight excluding hydrogens is 701 g/mol. The number of ketones is 4. The number of benzene rings is 5. The molecule has 0 saturated heterocycles. The average molecular weight is 737 g/mol. The summed E-state index contributed by atoms with van der Waals surface area (Å²) in [6.45, 7) is 9.87. The van der Waals surface area contributed by atoms with E-state index >= 15 is 0 Å². The Bertz CT molecular complexity index is 2300. The quantitative estimate of drug-likeness (QED) is 0.112. The van der Waals surface area contributed by atoms with Crippen LogP contribution < -0.4 is 4.43 Å². The van der Waals surface area contributed by atoms with Crippen LogP contribution in [0, 0.1) is 0 Å². The molecule has 5 aromatic rings. The Morgan fingerprint density at radius 1 is 0.500 bits per heavy atom. The molecule has 7 rings (SSSR count). The molecule has 0 N–H and O–H groups in total. The molecule has 9 nitrogen and oxygen atoms in total. The second-order valence-electron chi connectivity index (χ2n) is 14.9. The van der Waals surface area contributed by atoms with Crippen molar-refractivity contribution in [2.75, 3.05) is 0 Å². The summed E-state index contributed by atoms with van der Waals surface area (Å²) in [6.07, 6.45) is 0. The largest absolute Gasteiger partial charge is 0.543 e. The van der Waals surface area contributed by atoms with Gasteiger partial charge in [-0.05, 0) is 71.7 Å². The van der Waals surface area contributed by atoms with Gasteiger partial charge in [-0.3, -0.25) is 19.2 Å². The van der Waals surface area contributed by atoms with Gasteiger partial charge in [0.25, 0.3) is 0 Å². The summed E-state index contributed by atoms with van der Waals surface area (Å²) >= 11 is 0. The van der Waals surface area contributed by atoms with Crippen molar-refractivity contribution in [1.29, 1.82) is 0 Å². The normalized spacial score (nSPS) is 13.4. The number of ether oxygens (including phenoxy) is 2. The number of hydrogen-bond acceptors (Lipinski definition) is 9. The van der Waals surface area contributed by atoms with Gasteiger partial charge in [0.15, 0.2) is 23.1 Å². The van der Waals surface area contributed by atoms with Crippen LogP contribution >= 0.6 is 0 Å². The summed E-state index contributed by atoms with van der Waals surface area (Å²) < 4.78 is 17.8. The second-order valence-corrected chi connectivity index (χ2v) is 19.7. The van der Waals surface area contributed by atoms with Gasteiger partial charge in [0.05, 0.1) is 11.1 Å². The van der Waals surface area contributed by atoms with Crippen LogP contribution in [-0.2, 0) is 22.7 Å². The highest BCUT2D eigenvalue weighted by molar-refractivity contribution is 6.74. The van der Waals surface area contributed by atoms with Crippen molar-refractivity contribution in [3.63, 3.8) is 0 Å². The molecule has 0 aliphatic heterocycles. The summed E-state index contributed by atoms with van der Waals surface area (Å²) in [6, 6.07) is 27.2. The Morgan fingerprint density at radius 3 is 1.22 bits per heavy atom. The van der Waals surface area contributed by atoms with Crippen molar-refractivity contribution in [3.05, 3.63) is 170 Å². The van der Waals surface area contributed by atoms with Gasteiger partial charge in [-0.2, -0.15) is 0 Å². The zero-order valence-electron chi connectivity index (χ0n) is 30.4. The molecule has 0 unspecified atom stereocenters. The summed E-state index contributed by atoms with van der Waals surface area (Å²) in [5, 5.41) is -0.193. The lowest BCUT2D eigenvalue weighted by atomic mass is 9.83. The molecule has 54 heavy (non-hydrogen) atoms. The fourth-order valence-electron chi connectivity index (χ4n) is 6.28. The average Bonchev–Trinajstić information content (AvgIpc) is 3.16. The monoisotopic (exact) mass is 736 g/mol. The Morgan fingerprint density at radius 2 is 0.852 bits per heavy atom. The molecular formula is C44H36O9Si. The molecule has 0 aromatic heterocycles. The SMILES string of the molecule is CC(C)(C)[Si](C)(C)Oc1cc(C(=O)OCc2ccc3c(c2)C(=O)c2ccccc2C3=O)cc(C(=O)OCc2ccc3c(c2)C(=O)c2ccccc2C3=O)c1. The highest BCUT2D eigenvalue weighted by Gasteiger charge is 2.39. The van der Waals surface area contributed by atoms with Crippen LogP contribution in [0.4, 0.5) is 0 Å². The van der Waals surface area contributed by atoms with E-state index in [1.807, 2.05) is 13.1 Å². The van der Waals surface area contributed by atoms with Crippen molar-refractivity contribution in [3.8, 4) is 5.75 Å². The lowest BCUT2D eigenvalue weighted by Gasteiger charge is -2.36. The van der Waals surface area contributed by atoms with E-state index in [4.69, 9.17) is 13.9 Å². The maximum atomic E-state index is 13.5. The molecule has 0 amide bonds. The van der Waals surface area contributed by atoms with Gasteiger partial charge >= 0.3 is 11.9 Å². The lowest BCUT2D eigenvalue weighted by Crippen LogP contribution is -2.43. The van der Waals surface area contributed by atoms with E-state index in [2.05, 4.69) is 20.8 Å². The molecule has 5 aromatic carbocycles. The molecule has 0 spiro atoms. The minimum Gasteiger partial charge on any atom is -0.543 e. The third-order valence-electron chi connectivity index (χ3n) is 10.3. The molecule has 0 heterocycles. The predicted octanol–water partition coefficient (Wildman–Crippen LogP) is 8.34. The van der Waals surface area contributed by atoms with E-state index in [-0.39, 0.29) is 74.8 Å². The Kier molecular flexibility index (Phi) is 9.11. The molecule has 270 valence electrons. The van der Waals surface area contributed by atoms with Crippen molar-refractivity contribution >= 4 is 43.4 Å². The first kappa shape index (κ1) is 36.1. The number of carbonyl (C=O) groups excluding carboxylic acids is 6. The Hall–Kier alpha value is -6.26. The van der Waals surface area contributed by atoms with Crippen LogP contribution in [0.25, 0.3) is 0 Å². The summed E-state index contributed by atoms with van der Waals surface area (Å²) in [5.41, 5.74) is 3.50. The van der Waals surface area contributed by atoms with Crippen LogP contribution in [0.1, 0.15) is 116 Å². The fourth-order valence-corrected chi connectivity index (χ4v) is 7.29. The number of esters is 2. The molecule has 0 saturated carbocycles. The van der Waals surface area contributed by atoms with Gasteiger partial charge < -0.3 is 13.9 Å². The summed E-state index contributed by atoms with van der Waals surface area (Å²) in [5.74, 6) is -2.25. The maximum absolute atomic E-state index is 13.5. The summed E-state index contributed by atoms with van der Waals surface area (Å²) in [4.78, 5) is 79.6. The first-order valence-electron chi connectivity index (χ1n) is 17.4. The van der Waals surface area contributed by atoms with E-state index in [0.717, 1.165) is 0 Å². The van der Waals surface area contributed by atoms with E-state index in [9.17, 15) is 28.8 Å². The van der Waals surface area contributed by atoms with Gasteiger partial charge in [-0.15, -0.1) is 0 Å². The maximum Gasteiger partial charge on any atom is 0.338 e. The van der Waals surface area contributed by atoms with Crippen molar-refractivity contribution in [2.45, 2.75) is 52.1 Å². The van der Waals surface area contributed by atoms with Crippen LogP contribution in [0.5, 0.6) is 5.75 Å². The summed E-state index contributed by atoms with van der Waals surface area (Å²) in [7, 11) is -2.43. The van der Waals surface area contributed by atoms with Crippen molar-refractivity contribution in [2.24, 2.45) is 0 Å². The topological polar surface area (TPSA) is 130 Å². The van der Waals surface area contributed by atoms with Crippen LogP contribution in [0.3, 0.4) is 0 Å². The molecule has 0 radical (unpaired) electrons. The van der Waals surface area contributed by atoms with E-state index in [0.29, 0.717) is 39.1 Å². The number of carbonyl (C=O) groups is 6. The zero-order valence-corrected chi connectivity index (χ0v) is 31.4. The molecule has 0 atom stereocenters. The van der Waals surface area contributed by atoms with Crippen molar-refractivity contribution < 1.29 is 42.7 Å². The zero-order chi connectivity index (χ0) is 38.5. The Labute approximate surface area is 313 Å². The van der Waals surface area contributed by atoms with Crippen LogP contribution in [0.2, 0.25) is 18.1 Å². The van der Waals surface area contributed by atoms with Gasteiger partial charge in [0.1, 0.15) is 19.0 Å². The highest BCUT2D eigenvalue weighted by Crippen LogP contribution is 2.38. The predicted molar refractivity (Wildman–Crippen MR) is 202 cm³/mol. The van der Waals surface area contributed by atoms with Crippen molar-refractivity contribution in [1.82, 2.24) is 0 Å². The number of hydrogen-bond donors (Lipinski definition) is 0. The number of fused-ring (bicyclic) bond motifs is 4. The molecule has 2 aliphatic carbocycles. The standard InChI is InChI=1S/C44H36O9Si/c1-44(2,3)54(4,5)53-29-21-27(42(49)51-23-25-14-16-34-36(18-25)40(47)32-12-8-6-10-30(32)38(34)45)20-28(22-29)43(50)52-24-26-15-17-35-37(19-26)41(48)33-13-9-7-11-31(33)39(35)46/h6-22H,23-24H2,1-5H3. The Balaban J connectivity index is 1.11. The molecule has 10 heteroatoms. The van der Waals surface area contributed by atoms with Gasteiger partial charge in [-0.25, -0.2) is 9.59 Å². The number of rotatable bonds is 8. The fraction of sp³-hybridized carbons (Fsp3) is 0.182. The minimum absolute atomic E-state index is 0.0489. The van der Waals surface area contributed by atoms with Gasteiger partial charge in [-0.1, -0.05) is 81.4 Å². The lowest BCUT2D eigenvalue weighted by molar-refractivity contribution is 0.0469. The van der Waals surface area contributed by atoms with Crippen LogP contribution in [0.15, 0.2) is 103 Å². The van der Waals surface area contributed by atoms with Gasteiger partial charge in [0, 0.05) is 44.5 Å². The third kappa shape index (κ3) is 6.60. The minimum atomic E-state index is -2.43. The highest BCUT2D eigenvalue weighted by atomic mass is 28.4. The molecule has 2 aliphatic rings. The molecule has 0 fully saturated rings. The van der Waals surface area contributed by atoms with E-state index < -0.39 is 20.3 Å². The van der Waals surface area contributed by atoms with E-state index in [1.54, 1.807) is 84.9 Å². The third-order valence-corrected chi connectivity index (χ3v) is 14.6. The van der Waals surface area contributed by atoms with Gasteiger partial charge in [0.2, 0.25) is 8.32 Å². The molecule has 0 bridgehead atoms.